The topological polar surface area (TPSA) is 33.1 Å². The summed E-state index contributed by atoms with van der Waals surface area (Å²) >= 11 is 11.7. The fraction of sp³-hybridized carbons (Fsp3) is 0.200. The van der Waals surface area contributed by atoms with Gasteiger partial charge in [0.2, 0.25) is 0 Å². The Hall–Kier alpha value is -2.37. The SMILES string of the molecule is Cc1cc(-n2cccc2[C@@H]2[C@@H](c3ccccn3)NC(=S)N2C)ccc1Cl. The van der Waals surface area contributed by atoms with Crippen molar-refractivity contribution in [2.24, 2.45) is 0 Å². The molecule has 26 heavy (non-hydrogen) atoms. The lowest BCUT2D eigenvalue weighted by molar-refractivity contribution is 0.357. The maximum Gasteiger partial charge on any atom is 0.169 e. The number of likely N-dealkylation sites (N-methyl/N-ethyl adjacent to an activating group) is 1. The number of hydrogen-bond acceptors (Lipinski definition) is 2. The average molecular weight is 383 g/mol. The lowest BCUT2D eigenvalue weighted by Crippen LogP contribution is -2.25. The second kappa shape index (κ2) is 6.74. The summed E-state index contributed by atoms with van der Waals surface area (Å²) in [6, 6.07) is 16.3. The maximum absolute atomic E-state index is 6.20. The lowest BCUT2D eigenvalue weighted by Gasteiger charge is -2.26. The standard InChI is InChI=1S/C20H19ClN4S/c1-13-12-14(8-9-15(13)21)25-11-5-7-17(25)19-18(23-20(26)24(19)2)16-6-3-4-10-22-16/h3-12,18-19H,1-2H3,(H,23,26)/t18-,19-/m1/s1. The molecule has 1 aromatic carbocycles. The maximum atomic E-state index is 6.20. The molecule has 0 aliphatic carbocycles. The Morgan fingerprint density at radius 1 is 1.15 bits per heavy atom. The first kappa shape index (κ1) is 17.1. The monoisotopic (exact) mass is 382 g/mol. The van der Waals surface area contributed by atoms with E-state index >= 15 is 0 Å². The van der Waals surface area contributed by atoms with E-state index in [0.29, 0.717) is 0 Å². The van der Waals surface area contributed by atoms with Crippen LogP contribution in [-0.4, -0.2) is 26.6 Å². The fourth-order valence-corrected chi connectivity index (χ4v) is 3.84. The summed E-state index contributed by atoms with van der Waals surface area (Å²) in [7, 11) is 2.02. The lowest BCUT2D eigenvalue weighted by atomic mass is 10.0. The van der Waals surface area contributed by atoms with Crippen molar-refractivity contribution in [3.05, 3.63) is 82.9 Å². The smallest absolute Gasteiger partial charge is 0.169 e. The molecular weight excluding hydrogens is 364 g/mol. The van der Waals surface area contributed by atoms with Crippen LogP contribution in [0.4, 0.5) is 0 Å². The molecule has 4 rings (SSSR count). The number of rotatable bonds is 3. The van der Waals surface area contributed by atoms with Gasteiger partial charge in [0.25, 0.3) is 0 Å². The Labute approximate surface area is 163 Å². The van der Waals surface area contributed by atoms with Crippen LogP contribution in [0.25, 0.3) is 5.69 Å². The molecule has 0 saturated carbocycles. The van der Waals surface area contributed by atoms with Gasteiger partial charge in [0.05, 0.1) is 17.8 Å². The van der Waals surface area contributed by atoms with Gasteiger partial charge in [-0.3, -0.25) is 4.98 Å². The highest BCUT2D eigenvalue weighted by atomic mass is 35.5. The van der Waals surface area contributed by atoms with Gasteiger partial charge < -0.3 is 14.8 Å². The largest absolute Gasteiger partial charge is 0.352 e. The van der Waals surface area contributed by atoms with Crippen molar-refractivity contribution in [1.82, 2.24) is 19.8 Å². The molecule has 1 aliphatic rings. The van der Waals surface area contributed by atoms with Crippen molar-refractivity contribution in [1.29, 1.82) is 0 Å². The zero-order valence-electron chi connectivity index (χ0n) is 14.6. The van der Waals surface area contributed by atoms with Crippen LogP contribution in [0.15, 0.2) is 60.9 Å². The van der Waals surface area contributed by atoms with E-state index in [1.165, 1.54) is 0 Å². The Balaban J connectivity index is 1.80. The molecule has 1 fully saturated rings. The summed E-state index contributed by atoms with van der Waals surface area (Å²) in [5.74, 6) is 0. The van der Waals surface area contributed by atoms with Crippen molar-refractivity contribution in [3.63, 3.8) is 0 Å². The van der Waals surface area contributed by atoms with Crippen LogP contribution in [0.3, 0.4) is 0 Å². The minimum Gasteiger partial charge on any atom is -0.352 e. The molecule has 2 aromatic heterocycles. The van der Waals surface area contributed by atoms with E-state index in [2.05, 4.69) is 44.2 Å². The van der Waals surface area contributed by atoms with Gasteiger partial charge in [-0.2, -0.15) is 0 Å². The molecular formula is C20H19ClN4S. The zero-order valence-corrected chi connectivity index (χ0v) is 16.1. The number of hydrogen-bond donors (Lipinski definition) is 1. The van der Waals surface area contributed by atoms with E-state index in [0.717, 1.165) is 32.8 Å². The summed E-state index contributed by atoms with van der Waals surface area (Å²) in [6.45, 7) is 2.02. The Morgan fingerprint density at radius 2 is 2.00 bits per heavy atom. The highest BCUT2D eigenvalue weighted by Crippen LogP contribution is 2.38. The second-order valence-electron chi connectivity index (χ2n) is 6.47. The normalized spacial score (nSPS) is 19.7. The van der Waals surface area contributed by atoms with Crippen LogP contribution in [0.2, 0.25) is 5.02 Å². The predicted octanol–water partition coefficient (Wildman–Crippen LogP) is 4.44. The molecule has 1 N–H and O–H groups in total. The van der Waals surface area contributed by atoms with Crippen LogP contribution in [0, 0.1) is 6.92 Å². The van der Waals surface area contributed by atoms with Crippen LogP contribution in [-0.2, 0) is 0 Å². The molecule has 0 radical (unpaired) electrons. The van der Waals surface area contributed by atoms with E-state index in [1.54, 1.807) is 0 Å². The highest BCUT2D eigenvalue weighted by molar-refractivity contribution is 7.80. The third-order valence-electron chi connectivity index (χ3n) is 4.84. The molecule has 2 atom stereocenters. The number of aryl methyl sites for hydroxylation is 1. The van der Waals surface area contributed by atoms with Gasteiger partial charge in [0, 0.05) is 35.8 Å². The molecule has 0 spiro atoms. The molecule has 4 nitrogen and oxygen atoms in total. The molecule has 0 bridgehead atoms. The van der Waals surface area contributed by atoms with Crippen molar-refractivity contribution in [2.45, 2.75) is 19.0 Å². The van der Waals surface area contributed by atoms with Crippen LogP contribution in [0.5, 0.6) is 0 Å². The number of nitrogens with zero attached hydrogens (tertiary/aromatic N) is 3. The van der Waals surface area contributed by atoms with E-state index in [9.17, 15) is 0 Å². The third-order valence-corrected chi connectivity index (χ3v) is 5.67. The van der Waals surface area contributed by atoms with E-state index < -0.39 is 0 Å². The van der Waals surface area contributed by atoms with Crippen molar-refractivity contribution in [2.75, 3.05) is 7.05 Å². The van der Waals surface area contributed by atoms with E-state index in [4.69, 9.17) is 23.8 Å². The Bertz CT molecular complexity index is 953. The summed E-state index contributed by atoms with van der Waals surface area (Å²) in [5.41, 5.74) is 4.26. The molecule has 3 aromatic rings. The van der Waals surface area contributed by atoms with Crippen molar-refractivity contribution < 1.29 is 0 Å². The number of benzene rings is 1. The van der Waals surface area contributed by atoms with Crippen molar-refractivity contribution >= 4 is 28.9 Å². The number of halogens is 1. The number of aromatic nitrogens is 2. The molecule has 3 heterocycles. The molecule has 132 valence electrons. The summed E-state index contributed by atoms with van der Waals surface area (Å²) in [6.07, 6.45) is 3.89. The summed E-state index contributed by atoms with van der Waals surface area (Å²) < 4.78 is 2.19. The first-order valence-electron chi connectivity index (χ1n) is 8.44. The van der Waals surface area contributed by atoms with Crippen LogP contribution >= 0.6 is 23.8 Å². The molecule has 6 heteroatoms. The van der Waals surface area contributed by atoms with Gasteiger partial charge >= 0.3 is 0 Å². The van der Waals surface area contributed by atoms with Gasteiger partial charge in [-0.1, -0.05) is 17.7 Å². The van der Waals surface area contributed by atoms with Gasteiger partial charge in [-0.25, -0.2) is 0 Å². The molecule has 1 saturated heterocycles. The molecule has 0 amide bonds. The highest BCUT2D eigenvalue weighted by Gasteiger charge is 2.39. The first-order chi connectivity index (χ1) is 12.6. The zero-order chi connectivity index (χ0) is 18.3. The summed E-state index contributed by atoms with van der Waals surface area (Å²) in [4.78, 5) is 6.64. The molecule has 0 unspecified atom stereocenters. The number of pyridine rings is 1. The number of thiocarbonyl (C=S) groups is 1. The van der Waals surface area contributed by atoms with E-state index in [1.807, 2.05) is 50.5 Å². The Kier molecular flexibility index (Phi) is 4.42. The fourth-order valence-electron chi connectivity index (χ4n) is 3.48. The van der Waals surface area contributed by atoms with Crippen LogP contribution < -0.4 is 5.32 Å². The summed E-state index contributed by atoms with van der Waals surface area (Å²) in [5, 5.41) is 4.92. The van der Waals surface area contributed by atoms with Gasteiger partial charge in [-0.05, 0) is 67.2 Å². The third kappa shape index (κ3) is 2.87. The van der Waals surface area contributed by atoms with Crippen molar-refractivity contribution in [3.8, 4) is 5.69 Å². The average Bonchev–Trinajstić information content (AvgIpc) is 3.23. The first-order valence-corrected chi connectivity index (χ1v) is 9.23. The minimum absolute atomic E-state index is 0.00394. The minimum atomic E-state index is -0.00394. The Morgan fingerprint density at radius 3 is 2.73 bits per heavy atom. The second-order valence-corrected chi connectivity index (χ2v) is 7.27. The van der Waals surface area contributed by atoms with Crippen LogP contribution in [0.1, 0.15) is 29.0 Å². The van der Waals surface area contributed by atoms with Gasteiger partial charge in [-0.15, -0.1) is 0 Å². The quantitative estimate of drug-likeness (QED) is 0.679. The van der Waals surface area contributed by atoms with Gasteiger partial charge in [0.1, 0.15) is 0 Å². The van der Waals surface area contributed by atoms with Gasteiger partial charge in [0.15, 0.2) is 5.11 Å². The predicted molar refractivity (Wildman–Crippen MR) is 109 cm³/mol. The molecule has 1 aliphatic heterocycles. The van der Waals surface area contributed by atoms with E-state index in [-0.39, 0.29) is 12.1 Å². The number of nitrogens with one attached hydrogen (secondary N) is 1.